The molecule has 0 aliphatic heterocycles. The summed E-state index contributed by atoms with van der Waals surface area (Å²) < 4.78 is 0. The first kappa shape index (κ1) is 13.8. The highest BCUT2D eigenvalue weighted by molar-refractivity contribution is 7.15. The second-order valence-corrected chi connectivity index (χ2v) is 6.55. The number of aryl methyl sites for hydroxylation is 2. The maximum atomic E-state index is 5.72. The summed E-state index contributed by atoms with van der Waals surface area (Å²) in [6.07, 6.45) is 2.22. The molecule has 0 atom stereocenters. The number of anilines is 1. The van der Waals surface area contributed by atoms with Crippen LogP contribution in [-0.4, -0.2) is 17.4 Å². The summed E-state index contributed by atoms with van der Waals surface area (Å²) in [6.45, 7) is 9.64. The van der Waals surface area contributed by atoms with Crippen LogP contribution in [0.5, 0.6) is 0 Å². The zero-order valence-electron chi connectivity index (χ0n) is 10.6. The molecule has 0 spiro atoms. The molecule has 92 valence electrons. The molecule has 0 aromatic carbocycles. The Morgan fingerprint density at radius 3 is 2.56 bits per heavy atom. The maximum absolute atomic E-state index is 5.72. The summed E-state index contributed by atoms with van der Waals surface area (Å²) in [7, 11) is 0. The maximum Gasteiger partial charge on any atom is 0.183 e. The lowest BCUT2D eigenvalue weighted by Gasteiger charge is -2.24. The Kier molecular flexibility index (Phi) is 5.06. The largest absolute Gasteiger partial charge is 0.361 e. The minimum atomic E-state index is 0.280. The highest BCUT2D eigenvalue weighted by atomic mass is 35.5. The van der Waals surface area contributed by atoms with Crippen molar-refractivity contribution in [2.24, 2.45) is 5.41 Å². The predicted octanol–water partition coefficient (Wildman–Crippen LogP) is 4.22. The van der Waals surface area contributed by atoms with Gasteiger partial charge in [0.05, 0.1) is 5.69 Å². The molecule has 1 N–H and O–H groups in total. The van der Waals surface area contributed by atoms with E-state index in [9.17, 15) is 0 Å². The average molecular weight is 261 g/mol. The summed E-state index contributed by atoms with van der Waals surface area (Å²) in [5.74, 6) is 0.749. The van der Waals surface area contributed by atoms with E-state index in [0.29, 0.717) is 0 Å². The van der Waals surface area contributed by atoms with Crippen molar-refractivity contribution in [1.82, 2.24) is 4.98 Å². The van der Waals surface area contributed by atoms with E-state index in [1.165, 1.54) is 4.88 Å². The van der Waals surface area contributed by atoms with Gasteiger partial charge in [-0.1, -0.05) is 13.8 Å². The molecular weight excluding hydrogens is 240 g/mol. The van der Waals surface area contributed by atoms with Gasteiger partial charge in [-0.15, -0.1) is 22.9 Å². The first-order chi connectivity index (χ1) is 7.44. The van der Waals surface area contributed by atoms with Gasteiger partial charge in [-0.05, 0) is 32.1 Å². The fourth-order valence-corrected chi connectivity index (χ4v) is 2.44. The number of alkyl halides is 1. The Morgan fingerprint density at radius 1 is 1.38 bits per heavy atom. The number of nitrogens with one attached hydrogen (secondary N) is 1. The lowest BCUT2D eigenvalue weighted by Crippen LogP contribution is -2.23. The van der Waals surface area contributed by atoms with Crippen molar-refractivity contribution in [3.8, 4) is 0 Å². The Balaban J connectivity index is 2.44. The third-order valence-corrected chi connectivity index (χ3v) is 4.03. The molecule has 1 heterocycles. The lowest BCUT2D eigenvalue weighted by atomic mass is 9.88. The zero-order valence-corrected chi connectivity index (χ0v) is 12.1. The van der Waals surface area contributed by atoms with Gasteiger partial charge in [0.15, 0.2) is 5.13 Å². The van der Waals surface area contributed by atoms with E-state index in [4.69, 9.17) is 11.6 Å². The summed E-state index contributed by atoms with van der Waals surface area (Å²) >= 11 is 7.45. The molecule has 0 saturated carbocycles. The first-order valence-corrected chi connectivity index (χ1v) is 7.03. The number of halogens is 1. The summed E-state index contributed by atoms with van der Waals surface area (Å²) in [4.78, 5) is 5.77. The van der Waals surface area contributed by atoms with Crippen molar-refractivity contribution in [2.75, 3.05) is 17.7 Å². The Hall–Kier alpha value is -0.280. The van der Waals surface area contributed by atoms with Crippen LogP contribution in [0.25, 0.3) is 0 Å². The smallest absolute Gasteiger partial charge is 0.183 e. The van der Waals surface area contributed by atoms with Crippen molar-refractivity contribution in [1.29, 1.82) is 0 Å². The molecule has 0 unspecified atom stereocenters. The van der Waals surface area contributed by atoms with Gasteiger partial charge in [-0.25, -0.2) is 4.98 Å². The minimum absolute atomic E-state index is 0.280. The lowest BCUT2D eigenvalue weighted by molar-refractivity contribution is 0.355. The van der Waals surface area contributed by atoms with Crippen LogP contribution in [0.4, 0.5) is 5.13 Å². The molecule has 0 amide bonds. The normalized spacial score (nSPS) is 11.8. The molecule has 4 heteroatoms. The summed E-state index contributed by atoms with van der Waals surface area (Å²) in [5.41, 5.74) is 1.41. The first-order valence-electron chi connectivity index (χ1n) is 5.68. The van der Waals surface area contributed by atoms with Crippen LogP contribution in [0, 0.1) is 19.3 Å². The standard InChI is InChI=1S/C12H21ClN2S/c1-9-10(2)16-11(15-9)14-8-12(3,4)6-5-7-13/h5-8H2,1-4H3,(H,14,15). The third kappa shape index (κ3) is 4.30. The van der Waals surface area contributed by atoms with E-state index in [0.717, 1.165) is 36.1 Å². The quantitative estimate of drug-likeness (QED) is 0.775. The molecule has 1 aromatic rings. The number of rotatable bonds is 6. The van der Waals surface area contributed by atoms with Crippen molar-refractivity contribution in [3.63, 3.8) is 0 Å². The SMILES string of the molecule is Cc1nc(NCC(C)(C)CCCCl)sc1C. The van der Waals surface area contributed by atoms with Gasteiger partial charge in [0.25, 0.3) is 0 Å². The number of thiazole rings is 1. The van der Waals surface area contributed by atoms with Crippen molar-refractivity contribution < 1.29 is 0 Å². The molecule has 16 heavy (non-hydrogen) atoms. The van der Waals surface area contributed by atoms with Gasteiger partial charge in [-0.3, -0.25) is 0 Å². The summed E-state index contributed by atoms with van der Waals surface area (Å²) in [5, 5.41) is 4.46. The van der Waals surface area contributed by atoms with Crippen molar-refractivity contribution in [2.45, 2.75) is 40.5 Å². The molecule has 0 aliphatic carbocycles. The predicted molar refractivity (Wildman–Crippen MR) is 73.8 cm³/mol. The van der Waals surface area contributed by atoms with Crippen LogP contribution in [-0.2, 0) is 0 Å². The van der Waals surface area contributed by atoms with E-state index in [1.807, 2.05) is 0 Å². The topological polar surface area (TPSA) is 24.9 Å². The second-order valence-electron chi connectivity index (χ2n) is 4.97. The van der Waals surface area contributed by atoms with Crippen LogP contribution >= 0.6 is 22.9 Å². The molecule has 0 fully saturated rings. The Bertz CT molecular complexity index is 314. The highest BCUT2D eigenvalue weighted by Gasteiger charge is 2.17. The van der Waals surface area contributed by atoms with Gasteiger partial charge in [0, 0.05) is 17.3 Å². The summed E-state index contributed by atoms with van der Waals surface area (Å²) in [6, 6.07) is 0. The van der Waals surface area contributed by atoms with Gasteiger partial charge in [-0.2, -0.15) is 0 Å². The Labute approximate surface area is 107 Å². The van der Waals surface area contributed by atoms with Crippen LogP contribution < -0.4 is 5.32 Å². The molecule has 0 radical (unpaired) electrons. The van der Waals surface area contributed by atoms with E-state index < -0.39 is 0 Å². The van der Waals surface area contributed by atoms with Gasteiger partial charge < -0.3 is 5.32 Å². The van der Waals surface area contributed by atoms with Crippen LogP contribution in [0.3, 0.4) is 0 Å². The van der Waals surface area contributed by atoms with E-state index in [2.05, 4.69) is 38.0 Å². The van der Waals surface area contributed by atoms with Gasteiger partial charge >= 0.3 is 0 Å². The monoisotopic (exact) mass is 260 g/mol. The third-order valence-electron chi connectivity index (χ3n) is 2.73. The molecule has 2 nitrogen and oxygen atoms in total. The van der Waals surface area contributed by atoms with Crippen LogP contribution in [0.15, 0.2) is 0 Å². The second kappa shape index (κ2) is 5.87. The number of aromatic nitrogens is 1. The molecule has 0 bridgehead atoms. The van der Waals surface area contributed by atoms with Gasteiger partial charge in [0.2, 0.25) is 0 Å². The number of hydrogen-bond acceptors (Lipinski definition) is 3. The van der Waals surface area contributed by atoms with Crippen LogP contribution in [0.1, 0.15) is 37.3 Å². The van der Waals surface area contributed by atoms with Crippen molar-refractivity contribution in [3.05, 3.63) is 10.6 Å². The molecule has 0 saturated heterocycles. The average Bonchev–Trinajstić information content (AvgIpc) is 2.53. The molecule has 1 aromatic heterocycles. The number of nitrogens with zero attached hydrogens (tertiary/aromatic N) is 1. The Morgan fingerprint density at radius 2 is 2.06 bits per heavy atom. The van der Waals surface area contributed by atoms with E-state index >= 15 is 0 Å². The zero-order chi connectivity index (χ0) is 12.2. The van der Waals surface area contributed by atoms with E-state index in [-0.39, 0.29) is 5.41 Å². The molecule has 0 aliphatic rings. The highest BCUT2D eigenvalue weighted by Crippen LogP contribution is 2.26. The fourth-order valence-electron chi connectivity index (χ4n) is 1.50. The van der Waals surface area contributed by atoms with E-state index in [1.54, 1.807) is 11.3 Å². The molecule has 1 rings (SSSR count). The van der Waals surface area contributed by atoms with Crippen LogP contribution in [0.2, 0.25) is 0 Å². The van der Waals surface area contributed by atoms with Crippen molar-refractivity contribution >= 4 is 28.1 Å². The van der Waals surface area contributed by atoms with Gasteiger partial charge in [0.1, 0.15) is 0 Å². The minimum Gasteiger partial charge on any atom is -0.361 e. The number of hydrogen-bond donors (Lipinski definition) is 1. The fraction of sp³-hybridized carbons (Fsp3) is 0.750. The molecular formula is C12H21ClN2S.